The molecule has 1 aliphatic carbocycles. The first-order valence-corrected chi connectivity index (χ1v) is 10.4. The second-order valence-electron chi connectivity index (χ2n) is 7.54. The van der Waals surface area contributed by atoms with Crippen LogP contribution in [0.2, 0.25) is 0 Å². The molecular formula is C22H27NO3S. The minimum Gasteiger partial charge on any atom is -0.459 e. The molecule has 144 valence electrons. The van der Waals surface area contributed by atoms with Crippen molar-refractivity contribution >= 4 is 28.2 Å². The number of carbonyl (C=O) groups excluding carboxylic acids is 2. The maximum Gasteiger partial charge on any atom is 0.341 e. The highest BCUT2D eigenvalue weighted by atomic mass is 32.1. The molecule has 0 radical (unpaired) electrons. The Balaban J connectivity index is 1.77. The molecule has 5 heteroatoms. The third-order valence-electron chi connectivity index (χ3n) is 4.80. The Morgan fingerprint density at radius 3 is 2.70 bits per heavy atom. The third-order valence-corrected chi connectivity index (χ3v) is 5.96. The number of fused-ring (bicyclic) bond motifs is 1. The lowest BCUT2D eigenvalue weighted by atomic mass is 9.88. The zero-order chi connectivity index (χ0) is 19.4. The summed E-state index contributed by atoms with van der Waals surface area (Å²) in [5, 5.41) is 3.64. The lowest BCUT2D eigenvalue weighted by Crippen LogP contribution is -2.18. The highest BCUT2D eigenvalue weighted by Crippen LogP contribution is 2.40. The second-order valence-corrected chi connectivity index (χ2v) is 8.65. The van der Waals surface area contributed by atoms with Gasteiger partial charge in [0.2, 0.25) is 5.91 Å². The first-order chi connectivity index (χ1) is 12.9. The number of ether oxygens (including phenoxy) is 1. The van der Waals surface area contributed by atoms with Crippen LogP contribution in [0.15, 0.2) is 30.3 Å². The largest absolute Gasteiger partial charge is 0.459 e. The molecule has 0 spiro atoms. The molecule has 1 aromatic carbocycles. The molecule has 1 aromatic heterocycles. The van der Waals surface area contributed by atoms with E-state index in [0.717, 1.165) is 30.4 Å². The third kappa shape index (κ3) is 4.98. The number of carbonyl (C=O) groups is 2. The number of benzene rings is 1. The van der Waals surface area contributed by atoms with Crippen molar-refractivity contribution in [2.75, 3.05) is 5.32 Å². The minimum absolute atomic E-state index is 0.0657. The van der Waals surface area contributed by atoms with Crippen LogP contribution in [0.1, 0.15) is 60.0 Å². The molecule has 0 saturated carbocycles. The zero-order valence-electron chi connectivity index (χ0n) is 16.2. The molecule has 2 aromatic rings. The molecule has 4 nitrogen and oxygen atoms in total. The van der Waals surface area contributed by atoms with E-state index in [-0.39, 0.29) is 18.0 Å². The number of hydrogen-bond acceptors (Lipinski definition) is 4. The summed E-state index contributed by atoms with van der Waals surface area (Å²) in [5.41, 5.74) is 2.78. The van der Waals surface area contributed by atoms with Gasteiger partial charge in [0, 0.05) is 11.3 Å². The molecule has 1 N–H and O–H groups in total. The van der Waals surface area contributed by atoms with Crippen molar-refractivity contribution in [2.45, 2.75) is 59.0 Å². The van der Waals surface area contributed by atoms with E-state index in [2.05, 4.69) is 12.2 Å². The van der Waals surface area contributed by atoms with Crippen molar-refractivity contribution < 1.29 is 14.3 Å². The standard InChI is InChI=1S/C22H27NO3S/c1-14(2)26-22(25)20-17-11-9-15(3)13-18(17)27-21(20)23-19(24)12-10-16-7-5-4-6-8-16/h4-8,14-15H,9-13H2,1-3H3,(H,23,24). The fourth-order valence-electron chi connectivity index (χ4n) is 3.42. The van der Waals surface area contributed by atoms with E-state index in [4.69, 9.17) is 4.74 Å². The highest BCUT2D eigenvalue weighted by Gasteiger charge is 2.29. The van der Waals surface area contributed by atoms with Crippen LogP contribution >= 0.6 is 11.3 Å². The number of hydrogen-bond donors (Lipinski definition) is 1. The molecule has 3 rings (SSSR count). The molecule has 0 bridgehead atoms. The van der Waals surface area contributed by atoms with Crippen molar-refractivity contribution in [3.05, 3.63) is 51.9 Å². The summed E-state index contributed by atoms with van der Waals surface area (Å²) in [7, 11) is 0. The zero-order valence-corrected chi connectivity index (χ0v) is 17.0. The Labute approximate surface area is 164 Å². The number of esters is 1. The maximum absolute atomic E-state index is 12.7. The van der Waals surface area contributed by atoms with E-state index in [1.54, 1.807) is 0 Å². The van der Waals surface area contributed by atoms with Crippen LogP contribution in [0, 0.1) is 5.92 Å². The van der Waals surface area contributed by atoms with E-state index in [9.17, 15) is 9.59 Å². The van der Waals surface area contributed by atoms with Crippen molar-refractivity contribution in [1.82, 2.24) is 0 Å². The van der Waals surface area contributed by atoms with Crippen molar-refractivity contribution in [2.24, 2.45) is 5.92 Å². The molecule has 1 amide bonds. The highest BCUT2D eigenvalue weighted by molar-refractivity contribution is 7.17. The predicted molar refractivity (Wildman–Crippen MR) is 109 cm³/mol. The van der Waals surface area contributed by atoms with Gasteiger partial charge in [0.25, 0.3) is 0 Å². The molecule has 1 atom stereocenters. The molecule has 1 unspecified atom stereocenters. The van der Waals surface area contributed by atoms with E-state index in [1.807, 2.05) is 44.2 Å². The van der Waals surface area contributed by atoms with Gasteiger partial charge < -0.3 is 10.1 Å². The molecule has 0 aliphatic heterocycles. The number of aryl methyl sites for hydroxylation is 1. The average Bonchev–Trinajstić information content (AvgIpc) is 2.97. The Kier molecular flexibility index (Phi) is 6.32. The van der Waals surface area contributed by atoms with Crippen LogP contribution in [0.3, 0.4) is 0 Å². The Morgan fingerprint density at radius 2 is 2.00 bits per heavy atom. The van der Waals surface area contributed by atoms with E-state index < -0.39 is 0 Å². The first kappa shape index (κ1) is 19.6. The fraction of sp³-hybridized carbons (Fsp3) is 0.455. The monoisotopic (exact) mass is 385 g/mol. The van der Waals surface area contributed by atoms with Crippen LogP contribution in [0.25, 0.3) is 0 Å². The lowest BCUT2D eigenvalue weighted by molar-refractivity contribution is -0.116. The number of amides is 1. The van der Waals surface area contributed by atoms with Gasteiger partial charge in [0.15, 0.2) is 0 Å². The SMILES string of the molecule is CC1CCc2c(sc(NC(=O)CCc3ccccc3)c2C(=O)OC(C)C)C1. The minimum atomic E-state index is -0.324. The molecule has 1 heterocycles. The van der Waals surface area contributed by atoms with Gasteiger partial charge in [0.05, 0.1) is 11.7 Å². The van der Waals surface area contributed by atoms with Gasteiger partial charge >= 0.3 is 5.97 Å². The Bertz CT molecular complexity index is 810. The quantitative estimate of drug-likeness (QED) is 0.711. The number of thiophene rings is 1. The average molecular weight is 386 g/mol. The Hall–Kier alpha value is -2.14. The number of rotatable bonds is 6. The smallest absolute Gasteiger partial charge is 0.341 e. The molecule has 27 heavy (non-hydrogen) atoms. The molecule has 0 fully saturated rings. The van der Waals surface area contributed by atoms with Crippen LogP contribution in [0.4, 0.5) is 5.00 Å². The van der Waals surface area contributed by atoms with Crippen LogP contribution < -0.4 is 5.32 Å². The van der Waals surface area contributed by atoms with E-state index >= 15 is 0 Å². The van der Waals surface area contributed by atoms with Gasteiger partial charge in [-0.2, -0.15) is 0 Å². The van der Waals surface area contributed by atoms with Gasteiger partial charge in [-0.15, -0.1) is 11.3 Å². The summed E-state index contributed by atoms with van der Waals surface area (Å²) in [6, 6.07) is 9.95. The van der Waals surface area contributed by atoms with Crippen LogP contribution in [-0.4, -0.2) is 18.0 Å². The van der Waals surface area contributed by atoms with E-state index in [0.29, 0.717) is 29.3 Å². The maximum atomic E-state index is 12.7. The summed E-state index contributed by atoms with van der Waals surface area (Å²) >= 11 is 1.54. The Morgan fingerprint density at radius 1 is 1.26 bits per heavy atom. The number of nitrogens with one attached hydrogen (secondary N) is 1. The van der Waals surface area contributed by atoms with Gasteiger partial charge in [-0.25, -0.2) is 4.79 Å². The van der Waals surface area contributed by atoms with Gasteiger partial charge in [0.1, 0.15) is 5.00 Å². The summed E-state index contributed by atoms with van der Waals surface area (Å²) in [6.45, 7) is 5.92. The summed E-state index contributed by atoms with van der Waals surface area (Å²) in [6.07, 6.45) is 3.78. The van der Waals surface area contributed by atoms with Crippen LogP contribution in [0.5, 0.6) is 0 Å². The molecule has 0 saturated heterocycles. The molecular weight excluding hydrogens is 358 g/mol. The van der Waals surface area contributed by atoms with Crippen molar-refractivity contribution in [1.29, 1.82) is 0 Å². The van der Waals surface area contributed by atoms with Gasteiger partial charge in [-0.05, 0) is 56.6 Å². The summed E-state index contributed by atoms with van der Waals surface area (Å²) in [4.78, 5) is 26.4. The van der Waals surface area contributed by atoms with Gasteiger partial charge in [-0.3, -0.25) is 4.79 Å². The number of anilines is 1. The predicted octanol–water partition coefficient (Wildman–Crippen LogP) is 5.01. The second kappa shape index (κ2) is 8.70. The summed E-state index contributed by atoms with van der Waals surface area (Å²) in [5.74, 6) is 0.214. The first-order valence-electron chi connectivity index (χ1n) is 9.63. The van der Waals surface area contributed by atoms with E-state index in [1.165, 1.54) is 16.2 Å². The van der Waals surface area contributed by atoms with Gasteiger partial charge in [-0.1, -0.05) is 37.3 Å². The lowest BCUT2D eigenvalue weighted by Gasteiger charge is -2.18. The fourth-order valence-corrected chi connectivity index (χ4v) is 4.83. The molecule has 1 aliphatic rings. The topological polar surface area (TPSA) is 55.4 Å². The van der Waals surface area contributed by atoms with Crippen molar-refractivity contribution in [3.63, 3.8) is 0 Å². The normalized spacial score (nSPS) is 16.1. The van der Waals surface area contributed by atoms with Crippen LogP contribution in [-0.2, 0) is 28.8 Å². The van der Waals surface area contributed by atoms with Crippen molar-refractivity contribution in [3.8, 4) is 0 Å². The summed E-state index contributed by atoms with van der Waals surface area (Å²) < 4.78 is 5.46.